The SMILES string of the molecule is O=c1[nH][nH]c2nc(-c3cccs3)ccc12. The fraction of sp³-hybridized carbons (Fsp3) is 0. The van der Waals surface area contributed by atoms with Gasteiger partial charge in [-0.3, -0.25) is 15.0 Å². The Bertz CT molecular complexity index is 651. The predicted octanol–water partition coefficient (Wildman–Crippen LogP) is 1.98. The second-order valence-electron chi connectivity index (χ2n) is 3.15. The van der Waals surface area contributed by atoms with Gasteiger partial charge in [0.15, 0.2) is 5.65 Å². The Hall–Kier alpha value is -1.88. The van der Waals surface area contributed by atoms with Gasteiger partial charge in [-0.15, -0.1) is 11.3 Å². The third-order valence-electron chi connectivity index (χ3n) is 2.21. The van der Waals surface area contributed by atoms with Crippen LogP contribution in [-0.2, 0) is 0 Å². The van der Waals surface area contributed by atoms with E-state index in [0.717, 1.165) is 10.6 Å². The van der Waals surface area contributed by atoms with E-state index in [-0.39, 0.29) is 5.56 Å². The van der Waals surface area contributed by atoms with Crippen LogP contribution in [0.3, 0.4) is 0 Å². The van der Waals surface area contributed by atoms with E-state index in [1.54, 1.807) is 17.4 Å². The molecule has 0 bridgehead atoms. The normalized spacial score (nSPS) is 10.9. The molecule has 0 radical (unpaired) electrons. The van der Waals surface area contributed by atoms with Crippen LogP contribution in [0.1, 0.15) is 0 Å². The average Bonchev–Trinajstić information content (AvgIpc) is 2.88. The summed E-state index contributed by atoms with van der Waals surface area (Å²) in [5.74, 6) is 0. The van der Waals surface area contributed by atoms with Crippen molar-refractivity contribution in [1.29, 1.82) is 0 Å². The summed E-state index contributed by atoms with van der Waals surface area (Å²) in [5, 5.41) is 7.85. The first kappa shape index (κ1) is 8.43. The molecule has 5 heteroatoms. The lowest BCUT2D eigenvalue weighted by molar-refractivity contribution is 1.07. The van der Waals surface area contributed by atoms with Crippen molar-refractivity contribution in [3.8, 4) is 10.6 Å². The molecule has 0 spiro atoms. The summed E-state index contributed by atoms with van der Waals surface area (Å²) >= 11 is 1.63. The van der Waals surface area contributed by atoms with E-state index >= 15 is 0 Å². The monoisotopic (exact) mass is 217 g/mol. The molecule has 0 aliphatic carbocycles. The molecular formula is C10H7N3OS. The first-order valence-electron chi connectivity index (χ1n) is 4.46. The molecule has 3 heterocycles. The smallest absolute Gasteiger partial charge is 0.273 e. The molecule has 0 aromatic carbocycles. The van der Waals surface area contributed by atoms with E-state index in [4.69, 9.17) is 0 Å². The number of H-pyrrole nitrogens is 2. The number of nitrogens with zero attached hydrogens (tertiary/aromatic N) is 1. The summed E-state index contributed by atoms with van der Waals surface area (Å²) in [6, 6.07) is 7.62. The minimum atomic E-state index is -0.129. The van der Waals surface area contributed by atoms with Crippen molar-refractivity contribution in [3.63, 3.8) is 0 Å². The molecule has 3 aromatic rings. The Balaban J connectivity index is 2.27. The maximum atomic E-state index is 11.3. The highest BCUT2D eigenvalue weighted by Crippen LogP contribution is 2.23. The van der Waals surface area contributed by atoms with Crippen molar-refractivity contribution in [2.24, 2.45) is 0 Å². The third-order valence-corrected chi connectivity index (χ3v) is 3.10. The van der Waals surface area contributed by atoms with Crippen molar-refractivity contribution in [2.45, 2.75) is 0 Å². The molecule has 0 unspecified atom stereocenters. The molecule has 0 fully saturated rings. The molecule has 0 atom stereocenters. The van der Waals surface area contributed by atoms with Crippen LogP contribution in [0.4, 0.5) is 0 Å². The molecule has 0 aliphatic rings. The number of pyridine rings is 1. The quantitative estimate of drug-likeness (QED) is 0.654. The number of thiophene rings is 1. The summed E-state index contributed by atoms with van der Waals surface area (Å²) in [5.41, 5.74) is 1.36. The summed E-state index contributed by atoms with van der Waals surface area (Å²) in [6.07, 6.45) is 0. The molecule has 4 nitrogen and oxygen atoms in total. The van der Waals surface area contributed by atoms with Gasteiger partial charge < -0.3 is 0 Å². The van der Waals surface area contributed by atoms with Crippen LogP contribution in [-0.4, -0.2) is 15.2 Å². The molecule has 0 saturated carbocycles. The first-order chi connectivity index (χ1) is 7.34. The molecule has 0 saturated heterocycles. The number of aromatic amines is 2. The van der Waals surface area contributed by atoms with Crippen molar-refractivity contribution < 1.29 is 0 Å². The van der Waals surface area contributed by atoms with Gasteiger partial charge in [-0.05, 0) is 23.6 Å². The fourth-order valence-electron chi connectivity index (χ4n) is 1.48. The zero-order valence-corrected chi connectivity index (χ0v) is 8.47. The minimum absolute atomic E-state index is 0.129. The van der Waals surface area contributed by atoms with E-state index in [0.29, 0.717) is 11.0 Å². The third kappa shape index (κ3) is 1.28. The largest absolute Gasteiger partial charge is 0.281 e. The highest BCUT2D eigenvalue weighted by atomic mass is 32.1. The van der Waals surface area contributed by atoms with E-state index in [1.165, 1.54) is 0 Å². The van der Waals surface area contributed by atoms with Crippen LogP contribution in [0.2, 0.25) is 0 Å². The molecule has 0 amide bonds. The number of nitrogens with one attached hydrogen (secondary N) is 2. The number of hydrogen-bond donors (Lipinski definition) is 2. The average molecular weight is 217 g/mol. The second kappa shape index (κ2) is 3.06. The summed E-state index contributed by atoms with van der Waals surface area (Å²) in [6.45, 7) is 0. The maximum Gasteiger partial charge on any atom is 0.273 e. The van der Waals surface area contributed by atoms with Crippen LogP contribution in [0.15, 0.2) is 34.4 Å². The van der Waals surface area contributed by atoms with Crippen LogP contribution < -0.4 is 5.56 Å². The molecular weight excluding hydrogens is 210 g/mol. The molecule has 0 aliphatic heterocycles. The highest BCUT2D eigenvalue weighted by Gasteiger charge is 2.05. The van der Waals surface area contributed by atoms with E-state index in [9.17, 15) is 4.79 Å². The van der Waals surface area contributed by atoms with E-state index in [1.807, 2.05) is 23.6 Å². The lowest BCUT2D eigenvalue weighted by Gasteiger charge is -1.94. The molecule has 3 aromatic heterocycles. The standard InChI is InChI=1S/C10H7N3OS/c14-10-6-3-4-7(8-2-1-5-15-8)11-9(6)12-13-10/h1-5H,(H2,11,12,13,14). The second-order valence-corrected chi connectivity index (χ2v) is 4.10. The lowest BCUT2D eigenvalue weighted by atomic mass is 10.2. The van der Waals surface area contributed by atoms with Crippen LogP contribution in [0.25, 0.3) is 21.6 Å². The van der Waals surface area contributed by atoms with Crippen LogP contribution in [0.5, 0.6) is 0 Å². The maximum absolute atomic E-state index is 11.3. The van der Waals surface area contributed by atoms with Crippen molar-refractivity contribution in [3.05, 3.63) is 40.0 Å². The van der Waals surface area contributed by atoms with Gasteiger partial charge in [-0.2, -0.15) is 0 Å². The number of fused-ring (bicyclic) bond motifs is 1. The van der Waals surface area contributed by atoms with Crippen LogP contribution >= 0.6 is 11.3 Å². The number of hydrogen-bond acceptors (Lipinski definition) is 3. The summed E-state index contributed by atoms with van der Waals surface area (Å²) in [4.78, 5) is 16.7. The molecule has 2 N–H and O–H groups in total. The van der Waals surface area contributed by atoms with E-state index in [2.05, 4.69) is 15.2 Å². The van der Waals surface area contributed by atoms with Crippen LogP contribution in [0, 0.1) is 0 Å². The minimum Gasteiger partial charge on any atom is -0.281 e. The highest BCUT2D eigenvalue weighted by molar-refractivity contribution is 7.13. The topological polar surface area (TPSA) is 61.5 Å². The lowest BCUT2D eigenvalue weighted by Crippen LogP contribution is -1.97. The first-order valence-corrected chi connectivity index (χ1v) is 5.34. The van der Waals surface area contributed by atoms with Crippen molar-refractivity contribution in [2.75, 3.05) is 0 Å². The Kier molecular flexibility index (Phi) is 1.72. The van der Waals surface area contributed by atoms with E-state index < -0.39 is 0 Å². The zero-order valence-electron chi connectivity index (χ0n) is 7.65. The van der Waals surface area contributed by atoms with Gasteiger partial charge in [0.25, 0.3) is 5.56 Å². The number of aromatic nitrogens is 3. The van der Waals surface area contributed by atoms with Crippen molar-refractivity contribution >= 4 is 22.4 Å². The Morgan fingerprint density at radius 2 is 2.13 bits per heavy atom. The Labute approximate surface area is 88.6 Å². The summed E-state index contributed by atoms with van der Waals surface area (Å²) < 4.78 is 0. The van der Waals surface area contributed by atoms with Gasteiger partial charge in [0, 0.05) is 0 Å². The fourth-order valence-corrected chi connectivity index (χ4v) is 2.18. The van der Waals surface area contributed by atoms with Gasteiger partial charge in [0.1, 0.15) is 0 Å². The summed E-state index contributed by atoms with van der Waals surface area (Å²) in [7, 11) is 0. The van der Waals surface area contributed by atoms with Gasteiger partial charge in [0.05, 0.1) is 16.0 Å². The van der Waals surface area contributed by atoms with Gasteiger partial charge in [0.2, 0.25) is 0 Å². The zero-order chi connectivity index (χ0) is 10.3. The van der Waals surface area contributed by atoms with Gasteiger partial charge in [-0.1, -0.05) is 6.07 Å². The Morgan fingerprint density at radius 1 is 1.20 bits per heavy atom. The van der Waals surface area contributed by atoms with Gasteiger partial charge in [-0.25, -0.2) is 4.98 Å². The number of rotatable bonds is 1. The molecule has 74 valence electrons. The van der Waals surface area contributed by atoms with Gasteiger partial charge >= 0.3 is 0 Å². The molecule has 3 rings (SSSR count). The Morgan fingerprint density at radius 3 is 2.93 bits per heavy atom. The molecule has 15 heavy (non-hydrogen) atoms. The van der Waals surface area contributed by atoms with Crippen molar-refractivity contribution in [1.82, 2.24) is 15.2 Å². The predicted molar refractivity (Wildman–Crippen MR) is 60.0 cm³/mol.